The van der Waals surface area contributed by atoms with Gasteiger partial charge in [0.1, 0.15) is 5.69 Å². The van der Waals surface area contributed by atoms with E-state index < -0.39 is 0 Å². The van der Waals surface area contributed by atoms with Crippen molar-refractivity contribution in [3.63, 3.8) is 0 Å². The lowest BCUT2D eigenvalue weighted by Gasteiger charge is -2.27. The molecule has 114 valence electrons. The van der Waals surface area contributed by atoms with E-state index in [9.17, 15) is 4.79 Å². The van der Waals surface area contributed by atoms with Crippen LogP contribution < -0.4 is 5.32 Å². The average Bonchev–Trinajstić information content (AvgIpc) is 2.49. The highest BCUT2D eigenvalue weighted by molar-refractivity contribution is 5.92. The number of aryl methyl sites for hydroxylation is 1. The fourth-order valence-corrected chi connectivity index (χ4v) is 3.41. The predicted molar refractivity (Wildman–Crippen MR) is 82.1 cm³/mol. The smallest absolute Gasteiger partial charge is 0.271 e. The molecule has 0 aromatic carbocycles. The number of fused-ring (bicyclic) bond motifs is 1. The van der Waals surface area contributed by atoms with Crippen molar-refractivity contribution in [2.45, 2.75) is 64.8 Å². The summed E-state index contributed by atoms with van der Waals surface area (Å²) >= 11 is 0. The average molecular weight is 287 g/mol. The lowest BCUT2D eigenvalue weighted by Crippen LogP contribution is -2.38. The van der Waals surface area contributed by atoms with Crippen LogP contribution >= 0.6 is 0 Å². The van der Waals surface area contributed by atoms with Gasteiger partial charge in [0.05, 0.1) is 17.6 Å². The van der Waals surface area contributed by atoms with Crippen molar-refractivity contribution in [3.05, 3.63) is 23.3 Å². The van der Waals surface area contributed by atoms with Crippen LogP contribution in [0.3, 0.4) is 0 Å². The molecule has 2 aliphatic rings. The molecule has 0 bridgehead atoms. The standard InChI is InChI=1S/C17H25N3O/c1-11-3-6-13(7-4-11)19-17(21)16-10-18-15-9-12(2)5-8-14(15)20-16/h10-13H,3-9H2,1-2H3,(H,19,21)/t11-,12?,13-. The Bertz CT molecular complexity index is 521. The summed E-state index contributed by atoms with van der Waals surface area (Å²) in [6.07, 6.45) is 9.32. The Morgan fingerprint density at radius 3 is 2.62 bits per heavy atom. The van der Waals surface area contributed by atoms with Crippen LogP contribution in [-0.4, -0.2) is 21.9 Å². The van der Waals surface area contributed by atoms with Gasteiger partial charge < -0.3 is 5.32 Å². The molecule has 4 nitrogen and oxygen atoms in total. The van der Waals surface area contributed by atoms with Gasteiger partial charge in [-0.3, -0.25) is 9.78 Å². The Morgan fingerprint density at radius 2 is 1.86 bits per heavy atom. The number of carbonyl (C=O) groups excluding carboxylic acids is 1. The van der Waals surface area contributed by atoms with Gasteiger partial charge in [0.15, 0.2) is 0 Å². The van der Waals surface area contributed by atoms with E-state index in [0.717, 1.165) is 49.4 Å². The topological polar surface area (TPSA) is 54.9 Å². The molecule has 1 N–H and O–H groups in total. The number of hydrogen-bond donors (Lipinski definition) is 1. The first-order chi connectivity index (χ1) is 10.1. The summed E-state index contributed by atoms with van der Waals surface area (Å²) in [5.41, 5.74) is 2.59. The zero-order valence-corrected chi connectivity index (χ0v) is 13.1. The molecular weight excluding hydrogens is 262 g/mol. The zero-order valence-electron chi connectivity index (χ0n) is 13.1. The summed E-state index contributed by atoms with van der Waals surface area (Å²) in [4.78, 5) is 21.4. The van der Waals surface area contributed by atoms with Crippen LogP contribution in [0.15, 0.2) is 6.20 Å². The van der Waals surface area contributed by atoms with Crippen LogP contribution in [0.25, 0.3) is 0 Å². The molecule has 1 heterocycles. The molecule has 21 heavy (non-hydrogen) atoms. The number of hydrogen-bond acceptors (Lipinski definition) is 3. The molecule has 0 aliphatic heterocycles. The summed E-state index contributed by atoms with van der Waals surface area (Å²) in [6, 6.07) is 0.312. The third-order valence-electron chi connectivity index (χ3n) is 4.93. The second-order valence-corrected chi connectivity index (χ2v) is 6.93. The van der Waals surface area contributed by atoms with Crippen LogP contribution in [0.2, 0.25) is 0 Å². The van der Waals surface area contributed by atoms with E-state index in [4.69, 9.17) is 0 Å². The monoisotopic (exact) mass is 287 g/mol. The van der Waals surface area contributed by atoms with Crippen LogP contribution in [0, 0.1) is 11.8 Å². The third-order valence-corrected chi connectivity index (χ3v) is 4.93. The number of nitrogens with zero attached hydrogens (tertiary/aromatic N) is 2. The summed E-state index contributed by atoms with van der Waals surface area (Å²) in [5, 5.41) is 3.13. The molecule has 1 fully saturated rings. The Kier molecular flexibility index (Phi) is 4.22. The molecule has 0 saturated heterocycles. The minimum Gasteiger partial charge on any atom is -0.348 e. The Balaban J connectivity index is 1.65. The number of amides is 1. The molecule has 1 aromatic heterocycles. The first-order valence-electron chi connectivity index (χ1n) is 8.27. The third kappa shape index (κ3) is 3.42. The van der Waals surface area contributed by atoms with E-state index in [-0.39, 0.29) is 5.91 Å². The highest BCUT2D eigenvalue weighted by Gasteiger charge is 2.23. The van der Waals surface area contributed by atoms with Crippen molar-refractivity contribution >= 4 is 5.91 Å². The Hall–Kier alpha value is -1.45. The van der Waals surface area contributed by atoms with E-state index >= 15 is 0 Å². The summed E-state index contributed by atoms with van der Waals surface area (Å²) in [5.74, 6) is 1.42. The molecule has 3 rings (SSSR count). The number of carbonyl (C=O) groups is 1. The van der Waals surface area contributed by atoms with Gasteiger partial charge in [-0.2, -0.15) is 0 Å². The zero-order chi connectivity index (χ0) is 14.8. The number of rotatable bonds is 2. The summed E-state index contributed by atoms with van der Waals surface area (Å²) in [7, 11) is 0. The molecule has 1 saturated carbocycles. The van der Waals surface area contributed by atoms with Gasteiger partial charge >= 0.3 is 0 Å². The lowest BCUT2D eigenvalue weighted by atomic mass is 9.87. The molecule has 1 unspecified atom stereocenters. The van der Waals surface area contributed by atoms with Crippen LogP contribution in [-0.2, 0) is 12.8 Å². The first-order valence-corrected chi connectivity index (χ1v) is 8.27. The molecule has 0 radical (unpaired) electrons. The van der Waals surface area contributed by atoms with Crippen LogP contribution in [0.5, 0.6) is 0 Å². The highest BCUT2D eigenvalue weighted by Crippen LogP contribution is 2.24. The predicted octanol–water partition coefficient (Wildman–Crippen LogP) is 2.91. The van der Waals surface area contributed by atoms with Crippen molar-refractivity contribution in [2.75, 3.05) is 0 Å². The minimum atomic E-state index is -0.0523. The van der Waals surface area contributed by atoms with Gasteiger partial charge in [-0.05, 0) is 56.8 Å². The van der Waals surface area contributed by atoms with Gasteiger partial charge in [-0.1, -0.05) is 13.8 Å². The highest BCUT2D eigenvalue weighted by atomic mass is 16.1. The molecule has 4 heteroatoms. The molecule has 1 aromatic rings. The van der Waals surface area contributed by atoms with Crippen molar-refractivity contribution in [1.29, 1.82) is 0 Å². The molecular formula is C17H25N3O. The fourth-order valence-electron chi connectivity index (χ4n) is 3.41. The van der Waals surface area contributed by atoms with Crippen molar-refractivity contribution in [1.82, 2.24) is 15.3 Å². The van der Waals surface area contributed by atoms with Gasteiger partial charge in [0, 0.05) is 6.04 Å². The SMILES string of the molecule is CC1CCc2nc(C(=O)N[C@H]3CC[C@H](C)CC3)cnc2C1. The summed E-state index contributed by atoms with van der Waals surface area (Å²) in [6.45, 7) is 4.53. The Morgan fingerprint density at radius 1 is 1.10 bits per heavy atom. The number of nitrogens with one attached hydrogen (secondary N) is 1. The first kappa shape index (κ1) is 14.5. The van der Waals surface area contributed by atoms with Gasteiger partial charge in [0.2, 0.25) is 0 Å². The normalized spacial score (nSPS) is 28.8. The maximum absolute atomic E-state index is 12.3. The maximum Gasteiger partial charge on any atom is 0.271 e. The molecule has 1 atom stereocenters. The van der Waals surface area contributed by atoms with Gasteiger partial charge in [-0.25, -0.2) is 4.98 Å². The second kappa shape index (κ2) is 6.12. The van der Waals surface area contributed by atoms with Crippen LogP contribution in [0.1, 0.15) is 67.8 Å². The fraction of sp³-hybridized carbons (Fsp3) is 0.706. The minimum absolute atomic E-state index is 0.0523. The van der Waals surface area contributed by atoms with Gasteiger partial charge in [0.25, 0.3) is 5.91 Å². The number of aromatic nitrogens is 2. The van der Waals surface area contributed by atoms with Crippen molar-refractivity contribution in [3.8, 4) is 0 Å². The van der Waals surface area contributed by atoms with E-state index in [1.54, 1.807) is 6.20 Å². The quantitative estimate of drug-likeness (QED) is 0.910. The van der Waals surface area contributed by atoms with E-state index in [0.29, 0.717) is 17.7 Å². The summed E-state index contributed by atoms with van der Waals surface area (Å²) < 4.78 is 0. The van der Waals surface area contributed by atoms with Gasteiger partial charge in [-0.15, -0.1) is 0 Å². The Labute approximate surface area is 126 Å². The molecule has 2 aliphatic carbocycles. The van der Waals surface area contributed by atoms with Crippen molar-refractivity contribution in [2.24, 2.45) is 11.8 Å². The molecule has 1 amide bonds. The van der Waals surface area contributed by atoms with E-state index in [2.05, 4.69) is 29.1 Å². The lowest BCUT2D eigenvalue weighted by molar-refractivity contribution is 0.0917. The van der Waals surface area contributed by atoms with Crippen molar-refractivity contribution < 1.29 is 4.79 Å². The largest absolute Gasteiger partial charge is 0.348 e. The second-order valence-electron chi connectivity index (χ2n) is 6.93. The molecule has 0 spiro atoms. The van der Waals surface area contributed by atoms with E-state index in [1.165, 1.54) is 12.8 Å². The van der Waals surface area contributed by atoms with E-state index in [1.807, 2.05) is 0 Å². The van der Waals surface area contributed by atoms with Crippen LogP contribution in [0.4, 0.5) is 0 Å². The maximum atomic E-state index is 12.3.